The average molecular weight is 328 g/mol. The van der Waals surface area contributed by atoms with Crippen LogP contribution >= 0.6 is 0 Å². The van der Waals surface area contributed by atoms with Crippen LogP contribution in [-0.4, -0.2) is 40.2 Å². The Bertz CT molecular complexity index is 762. The highest BCUT2D eigenvalue weighted by molar-refractivity contribution is 5.86. The first-order valence-corrected chi connectivity index (χ1v) is 8.73. The first-order valence-electron chi connectivity index (χ1n) is 8.73. The van der Waals surface area contributed by atoms with Crippen molar-refractivity contribution in [3.63, 3.8) is 0 Å². The van der Waals surface area contributed by atoms with Gasteiger partial charge in [0.05, 0.1) is 16.7 Å². The van der Waals surface area contributed by atoms with Crippen LogP contribution < -0.4 is 5.32 Å². The van der Waals surface area contributed by atoms with E-state index in [-0.39, 0.29) is 5.91 Å². The quantitative estimate of drug-likeness (QED) is 0.939. The molecular weight excluding hydrogens is 300 g/mol. The van der Waals surface area contributed by atoms with Crippen LogP contribution in [0.5, 0.6) is 0 Å². The fourth-order valence-electron chi connectivity index (χ4n) is 3.91. The second-order valence-electron chi connectivity index (χ2n) is 7.60. The van der Waals surface area contributed by atoms with Gasteiger partial charge in [-0.3, -0.25) is 9.48 Å². The van der Waals surface area contributed by atoms with Gasteiger partial charge in [0.1, 0.15) is 0 Å². The lowest BCUT2D eigenvalue weighted by Crippen LogP contribution is -2.43. The number of para-hydroxylation sites is 1. The molecule has 1 aromatic heterocycles. The van der Waals surface area contributed by atoms with Crippen LogP contribution in [0.1, 0.15) is 44.4 Å². The average Bonchev–Trinajstić information content (AvgIpc) is 3.04. The molecule has 24 heavy (non-hydrogen) atoms. The van der Waals surface area contributed by atoms with Gasteiger partial charge >= 0.3 is 0 Å². The molecule has 1 fully saturated rings. The van der Waals surface area contributed by atoms with Crippen molar-refractivity contribution in [2.45, 2.75) is 51.6 Å². The summed E-state index contributed by atoms with van der Waals surface area (Å²) in [5, 5.41) is 9.03. The van der Waals surface area contributed by atoms with E-state index in [1.807, 2.05) is 31.6 Å². The van der Waals surface area contributed by atoms with Crippen molar-refractivity contribution >= 4 is 16.8 Å². The van der Waals surface area contributed by atoms with Gasteiger partial charge in [0.2, 0.25) is 5.91 Å². The molecule has 1 saturated heterocycles. The van der Waals surface area contributed by atoms with E-state index in [0.29, 0.717) is 12.5 Å². The largest absolute Gasteiger partial charge is 0.345 e. The maximum Gasteiger partial charge on any atom is 0.222 e. The smallest absolute Gasteiger partial charge is 0.222 e. The predicted octanol–water partition coefficient (Wildman–Crippen LogP) is 2.72. The van der Waals surface area contributed by atoms with Crippen molar-refractivity contribution in [3.8, 4) is 0 Å². The van der Waals surface area contributed by atoms with E-state index in [2.05, 4.69) is 36.3 Å². The van der Waals surface area contributed by atoms with Gasteiger partial charge < -0.3 is 10.2 Å². The van der Waals surface area contributed by atoms with Crippen LogP contribution in [0.2, 0.25) is 0 Å². The minimum Gasteiger partial charge on any atom is -0.345 e. The van der Waals surface area contributed by atoms with E-state index in [4.69, 9.17) is 5.10 Å². The predicted molar refractivity (Wildman–Crippen MR) is 96.9 cm³/mol. The van der Waals surface area contributed by atoms with Crippen LogP contribution in [-0.2, 0) is 17.4 Å². The van der Waals surface area contributed by atoms with Gasteiger partial charge in [-0.1, -0.05) is 18.2 Å². The molecule has 1 aliphatic rings. The fourth-order valence-corrected chi connectivity index (χ4v) is 3.91. The van der Waals surface area contributed by atoms with Crippen molar-refractivity contribution in [1.82, 2.24) is 20.0 Å². The third-order valence-electron chi connectivity index (χ3n) is 5.20. The molecule has 0 saturated carbocycles. The SMILES string of the molecule is Cc1cccc2c(C(C)(C)NC(=O)CC3CCCN3C)nn(C)c12. The summed E-state index contributed by atoms with van der Waals surface area (Å²) in [6.07, 6.45) is 2.85. The number of amides is 1. The highest BCUT2D eigenvalue weighted by Crippen LogP contribution is 2.29. The molecule has 2 aromatic rings. The molecule has 1 atom stereocenters. The minimum absolute atomic E-state index is 0.102. The Morgan fingerprint density at radius 3 is 2.79 bits per heavy atom. The van der Waals surface area contributed by atoms with Gasteiger partial charge in [0, 0.05) is 24.9 Å². The van der Waals surface area contributed by atoms with Crippen molar-refractivity contribution in [2.75, 3.05) is 13.6 Å². The molecule has 0 aliphatic carbocycles. The zero-order valence-corrected chi connectivity index (χ0v) is 15.4. The van der Waals surface area contributed by atoms with E-state index in [1.165, 1.54) is 12.0 Å². The molecule has 1 aromatic carbocycles. The zero-order chi connectivity index (χ0) is 17.5. The number of benzene rings is 1. The van der Waals surface area contributed by atoms with Crippen LogP contribution in [0.3, 0.4) is 0 Å². The van der Waals surface area contributed by atoms with Crippen LogP contribution in [0.25, 0.3) is 10.9 Å². The lowest BCUT2D eigenvalue weighted by Gasteiger charge is -2.27. The zero-order valence-electron chi connectivity index (χ0n) is 15.4. The Kier molecular flexibility index (Phi) is 4.38. The Morgan fingerprint density at radius 1 is 1.38 bits per heavy atom. The molecule has 5 nitrogen and oxygen atoms in total. The van der Waals surface area contributed by atoms with Gasteiger partial charge in [-0.15, -0.1) is 0 Å². The molecule has 130 valence electrons. The van der Waals surface area contributed by atoms with E-state index in [1.54, 1.807) is 0 Å². The molecule has 1 N–H and O–H groups in total. The van der Waals surface area contributed by atoms with E-state index in [0.717, 1.165) is 29.6 Å². The number of aromatic nitrogens is 2. The molecular formula is C19H28N4O. The lowest BCUT2D eigenvalue weighted by molar-refractivity contribution is -0.123. The van der Waals surface area contributed by atoms with E-state index >= 15 is 0 Å². The highest BCUT2D eigenvalue weighted by Gasteiger charge is 2.31. The van der Waals surface area contributed by atoms with Crippen LogP contribution in [0, 0.1) is 6.92 Å². The fraction of sp³-hybridized carbons (Fsp3) is 0.579. The number of nitrogens with one attached hydrogen (secondary N) is 1. The molecule has 1 unspecified atom stereocenters. The Morgan fingerprint density at radius 2 is 2.12 bits per heavy atom. The Balaban J connectivity index is 1.83. The number of hydrogen-bond acceptors (Lipinski definition) is 3. The van der Waals surface area contributed by atoms with Crippen LogP contribution in [0.4, 0.5) is 0 Å². The maximum atomic E-state index is 12.6. The normalized spacial score (nSPS) is 19.1. The molecule has 0 radical (unpaired) electrons. The lowest BCUT2D eigenvalue weighted by atomic mass is 9.96. The number of fused-ring (bicyclic) bond motifs is 1. The van der Waals surface area contributed by atoms with Gasteiger partial charge in [-0.05, 0) is 52.8 Å². The number of carbonyl (C=O) groups excluding carboxylic acids is 1. The summed E-state index contributed by atoms with van der Waals surface area (Å²) in [5.41, 5.74) is 2.76. The van der Waals surface area contributed by atoms with E-state index < -0.39 is 5.54 Å². The molecule has 5 heteroatoms. The summed E-state index contributed by atoms with van der Waals surface area (Å²) in [6.45, 7) is 7.25. The summed E-state index contributed by atoms with van der Waals surface area (Å²) in [6, 6.07) is 6.59. The monoisotopic (exact) mass is 328 g/mol. The number of rotatable bonds is 4. The van der Waals surface area contributed by atoms with Crippen molar-refractivity contribution in [2.24, 2.45) is 7.05 Å². The maximum absolute atomic E-state index is 12.6. The third kappa shape index (κ3) is 3.05. The Hall–Kier alpha value is -1.88. The first kappa shape index (κ1) is 17.0. The summed E-state index contributed by atoms with van der Waals surface area (Å²) in [5.74, 6) is 0.102. The van der Waals surface area contributed by atoms with E-state index in [9.17, 15) is 4.79 Å². The topological polar surface area (TPSA) is 50.2 Å². The highest BCUT2D eigenvalue weighted by atomic mass is 16.1. The number of likely N-dealkylation sites (tertiary alicyclic amines) is 1. The Labute approximate surface area is 144 Å². The second-order valence-corrected chi connectivity index (χ2v) is 7.60. The summed E-state index contributed by atoms with van der Waals surface area (Å²) in [4.78, 5) is 14.9. The first-order chi connectivity index (χ1) is 11.3. The minimum atomic E-state index is -0.498. The van der Waals surface area contributed by atoms with Crippen molar-refractivity contribution < 1.29 is 4.79 Å². The number of hydrogen-bond donors (Lipinski definition) is 1. The van der Waals surface area contributed by atoms with Gasteiger partial charge in [0.25, 0.3) is 0 Å². The molecule has 3 rings (SSSR count). The molecule has 0 bridgehead atoms. The number of carbonyl (C=O) groups is 1. The molecule has 2 heterocycles. The van der Waals surface area contributed by atoms with Crippen molar-refractivity contribution in [1.29, 1.82) is 0 Å². The summed E-state index contributed by atoms with van der Waals surface area (Å²) < 4.78 is 1.92. The standard InChI is InChI=1S/C19H28N4O/c1-13-8-6-10-15-17(13)23(5)21-18(15)19(2,3)20-16(24)12-14-9-7-11-22(14)4/h6,8,10,14H,7,9,11-12H2,1-5H3,(H,20,24). The summed E-state index contributed by atoms with van der Waals surface area (Å²) in [7, 11) is 4.06. The van der Waals surface area contributed by atoms with Gasteiger partial charge in [0.15, 0.2) is 0 Å². The van der Waals surface area contributed by atoms with Gasteiger partial charge in [-0.25, -0.2) is 0 Å². The number of nitrogens with zero attached hydrogens (tertiary/aromatic N) is 3. The molecule has 1 amide bonds. The van der Waals surface area contributed by atoms with Crippen LogP contribution in [0.15, 0.2) is 18.2 Å². The molecule has 1 aliphatic heterocycles. The number of aryl methyl sites for hydroxylation is 2. The third-order valence-corrected chi connectivity index (χ3v) is 5.20. The van der Waals surface area contributed by atoms with Gasteiger partial charge in [-0.2, -0.15) is 5.10 Å². The van der Waals surface area contributed by atoms with Crippen molar-refractivity contribution in [3.05, 3.63) is 29.5 Å². The summed E-state index contributed by atoms with van der Waals surface area (Å²) >= 11 is 0. The molecule has 0 spiro atoms. The second kappa shape index (κ2) is 6.20.